The van der Waals surface area contributed by atoms with E-state index in [1.807, 2.05) is 11.0 Å². The van der Waals surface area contributed by atoms with Crippen LogP contribution in [0, 0.1) is 17.1 Å². The molecule has 0 N–H and O–H groups in total. The number of hydrogen-bond donors (Lipinski definition) is 0. The van der Waals surface area contributed by atoms with Crippen molar-refractivity contribution < 1.29 is 4.39 Å². The van der Waals surface area contributed by atoms with Gasteiger partial charge in [0.2, 0.25) is 0 Å². The van der Waals surface area contributed by atoms with E-state index in [-0.39, 0.29) is 5.82 Å². The second-order valence-electron chi connectivity index (χ2n) is 3.61. The van der Waals surface area contributed by atoms with Crippen LogP contribution in [0.5, 0.6) is 0 Å². The minimum Gasteiger partial charge on any atom is -0.366 e. The number of hydrogen-bond acceptors (Lipinski definition) is 2. The molecule has 0 aliphatic carbocycles. The van der Waals surface area contributed by atoms with Crippen molar-refractivity contribution in [2.45, 2.75) is 19.4 Å². The summed E-state index contributed by atoms with van der Waals surface area (Å²) in [5, 5.41) is 8.58. The summed E-state index contributed by atoms with van der Waals surface area (Å²) in [6, 6.07) is 6.97. The Labute approximate surface area is 82.6 Å². The topological polar surface area (TPSA) is 27.0 Å². The van der Waals surface area contributed by atoms with Crippen LogP contribution in [0.25, 0.3) is 0 Å². The van der Waals surface area contributed by atoms with Crippen LogP contribution < -0.4 is 4.90 Å². The maximum absolute atomic E-state index is 13.5. The number of rotatable bonds is 1. The Balaban J connectivity index is 2.32. The Morgan fingerprint density at radius 1 is 1.57 bits per heavy atom. The monoisotopic (exact) mass is 190 g/mol. The van der Waals surface area contributed by atoms with Gasteiger partial charge in [0.15, 0.2) is 0 Å². The third kappa shape index (κ3) is 1.33. The molecule has 14 heavy (non-hydrogen) atoms. The SMILES string of the molecule is CC1CCN1c1ccc(C#N)cc1F. The van der Waals surface area contributed by atoms with Gasteiger partial charge in [-0.25, -0.2) is 4.39 Å². The van der Waals surface area contributed by atoms with Crippen LogP contribution in [0.1, 0.15) is 18.9 Å². The van der Waals surface area contributed by atoms with E-state index >= 15 is 0 Å². The fourth-order valence-electron chi connectivity index (χ4n) is 1.68. The molecule has 0 spiro atoms. The standard InChI is InChI=1S/C11H11FN2/c1-8-4-5-14(8)11-3-2-9(7-13)6-10(11)12/h2-3,6,8H,4-5H2,1H3. The molecule has 1 saturated heterocycles. The second kappa shape index (κ2) is 3.30. The highest BCUT2D eigenvalue weighted by atomic mass is 19.1. The van der Waals surface area contributed by atoms with Gasteiger partial charge in [-0.1, -0.05) is 0 Å². The molecule has 1 atom stereocenters. The van der Waals surface area contributed by atoms with Crippen LogP contribution in [0.2, 0.25) is 0 Å². The molecule has 0 saturated carbocycles. The van der Waals surface area contributed by atoms with Crippen LogP contribution in [-0.4, -0.2) is 12.6 Å². The normalized spacial score (nSPS) is 20.1. The summed E-state index contributed by atoms with van der Waals surface area (Å²) in [7, 11) is 0. The summed E-state index contributed by atoms with van der Waals surface area (Å²) in [4.78, 5) is 2.01. The van der Waals surface area contributed by atoms with E-state index in [0.29, 0.717) is 17.3 Å². The molecule has 1 unspecified atom stereocenters. The molecule has 0 radical (unpaired) electrons. The van der Waals surface area contributed by atoms with Gasteiger partial charge < -0.3 is 4.90 Å². The largest absolute Gasteiger partial charge is 0.366 e. The molecule has 2 rings (SSSR count). The molecule has 0 aromatic heterocycles. The highest BCUT2D eigenvalue weighted by Gasteiger charge is 2.25. The van der Waals surface area contributed by atoms with Crippen molar-refractivity contribution in [2.24, 2.45) is 0 Å². The Morgan fingerprint density at radius 2 is 2.36 bits per heavy atom. The van der Waals surface area contributed by atoms with Crippen LogP contribution in [0.4, 0.5) is 10.1 Å². The maximum atomic E-state index is 13.5. The number of nitriles is 1. The summed E-state index contributed by atoms with van der Waals surface area (Å²) < 4.78 is 13.5. The Morgan fingerprint density at radius 3 is 2.79 bits per heavy atom. The lowest BCUT2D eigenvalue weighted by molar-refractivity contribution is 0.469. The number of benzene rings is 1. The van der Waals surface area contributed by atoms with E-state index in [1.165, 1.54) is 6.07 Å². The van der Waals surface area contributed by atoms with Gasteiger partial charge >= 0.3 is 0 Å². The first-order valence-electron chi connectivity index (χ1n) is 4.68. The molecule has 1 aromatic carbocycles. The number of halogens is 1. The molecule has 2 nitrogen and oxygen atoms in total. The van der Waals surface area contributed by atoms with E-state index in [0.717, 1.165) is 13.0 Å². The molecule has 1 aromatic rings. The summed E-state index contributed by atoms with van der Waals surface area (Å²) in [5.41, 5.74) is 0.988. The smallest absolute Gasteiger partial charge is 0.147 e. The third-order valence-corrected chi connectivity index (χ3v) is 2.71. The van der Waals surface area contributed by atoms with Gasteiger partial charge in [-0.3, -0.25) is 0 Å². The van der Waals surface area contributed by atoms with Gasteiger partial charge in [0.25, 0.3) is 0 Å². The lowest BCUT2D eigenvalue weighted by Gasteiger charge is -2.40. The van der Waals surface area contributed by atoms with Crippen molar-refractivity contribution in [3.8, 4) is 6.07 Å². The molecular weight excluding hydrogens is 179 g/mol. The zero-order valence-electron chi connectivity index (χ0n) is 8.00. The molecule has 0 bridgehead atoms. The van der Waals surface area contributed by atoms with Gasteiger partial charge in [-0.15, -0.1) is 0 Å². The van der Waals surface area contributed by atoms with Gasteiger partial charge in [-0.2, -0.15) is 5.26 Å². The average Bonchev–Trinajstić information content (AvgIpc) is 2.18. The van der Waals surface area contributed by atoms with Gasteiger partial charge in [0, 0.05) is 12.6 Å². The van der Waals surface area contributed by atoms with Crippen molar-refractivity contribution in [1.29, 1.82) is 5.26 Å². The van der Waals surface area contributed by atoms with Crippen LogP contribution in [-0.2, 0) is 0 Å². The number of anilines is 1. The zero-order valence-corrected chi connectivity index (χ0v) is 8.00. The second-order valence-corrected chi connectivity index (χ2v) is 3.61. The third-order valence-electron chi connectivity index (χ3n) is 2.71. The minimum absolute atomic E-state index is 0.296. The van der Waals surface area contributed by atoms with E-state index in [2.05, 4.69) is 6.92 Å². The van der Waals surface area contributed by atoms with Crippen LogP contribution in [0.3, 0.4) is 0 Å². The number of nitrogens with zero attached hydrogens (tertiary/aromatic N) is 2. The Kier molecular flexibility index (Phi) is 2.12. The minimum atomic E-state index is -0.296. The lowest BCUT2D eigenvalue weighted by Crippen LogP contribution is -2.46. The summed E-state index contributed by atoms with van der Waals surface area (Å²) in [6.45, 7) is 2.98. The molecule has 1 fully saturated rings. The Bertz CT molecular complexity index is 395. The molecule has 3 heteroatoms. The fraction of sp³-hybridized carbons (Fsp3) is 0.364. The summed E-state index contributed by atoms with van der Waals surface area (Å²) in [6.07, 6.45) is 1.11. The van der Waals surface area contributed by atoms with E-state index in [1.54, 1.807) is 12.1 Å². The quantitative estimate of drug-likeness (QED) is 0.679. The summed E-state index contributed by atoms with van der Waals surface area (Å²) in [5.74, 6) is -0.296. The first-order valence-corrected chi connectivity index (χ1v) is 4.68. The maximum Gasteiger partial charge on any atom is 0.147 e. The van der Waals surface area contributed by atoms with Crippen LogP contribution in [0.15, 0.2) is 18.2 Å². The predicted molar refractivity (Wildman–Crippen MR) is 52.5 cm³/mol. The van der Waals surface area contributed by atoms with Crippen molar-refractivity contribution in [3.05, 3.63) is 29.6 Å². The fourth-order valence-corrected chi connectivity index (χ4v) is 1.68. The first-order chi connectivity index (χ1) is 6.72. The molecular formula is C11H11FN2. The van der Waals surface area contributed by atoms with Crippen molar-refractivity contribution in [3.63, 3.8) is 0 Å². The van der Waals surface area contributed by atoms with Crippen molar-refractivity contribution in [1.82, 2.24) is 0 Å². The Hall–Kier alpha value is -1.56. The highest BCUT2D eigenvalue weighted by molar-refractivity contribution is 5.53. The molecule has 1 aliphatic rings. The van der Waals surface area contributed by atoms with E-state index < -0.39 is 0 Å². The van der Waals surface area contributed by atoms with Gasteiger partial charge in [0.1, 0.15) is 5.82 Å². The predicted octanol–water partition coefficient (Wildman–Crippen LogP) is 2.30. The lowest BCUT2D eigenvalue weighted by atomic mass is 10.0. The van der Waals surface area contributed by atoms with Crippen LogP contribution >= 0.6 is 0 Å². The van der Waals surface area contributed by atoms with Crippen molar-refractivity contribution >= 4 is 5.69 Å². The molecule has 0 amide bonds. The van der Waals surface area contributed by atoms with Crippen molar-refractivity contribution in [2.75, 3.05) is 11.4 Å². The zero-order chi connectivity index (χ0) is 10.1. The molecule has 1 heterocycles. The first kappa shape index (κ1) is 9.01. The average molecular weight is 190 g/mol. The van der Waals surface area contributed by atoms with E-state index in [9.17, 15) is 4.39 Å². The highest BCUT2D eigenvalue weighted by Crippen LogP contribution is 2.28. The molecule has 72 valence electrons. The van der Waals surface area contributed by atoms with Gasteiger partial charge in [-0.05, 0) is 31.5 Å². The van der Waals surface area contributed by atoms with Gasteiger partial charge in [0.05, 0.1) is 17.3 Å². The van der Waals surface area contributed by atoms with E-state index in [4.69, 9.17) is 5.26 Å². The summed E-state index contributed by atoms with van der Waals surface area (Å²) >= 11 is 0. The molecule has 1 aliphatic heterocycles.